The molecule has 5 nitrogen and oxygen atoms in total. The average molecular weight is 273 g/mol. The van der Waals surface area contributed by atoms with Gasteiger partial charge in [0.15, 0.2) is 0 Å². The number of hydrogen-bond acceptors (Lipinski definition) is 5. The van der Waals surface area contributed by atoms with Gasteiger partial charge in [-0.1, -0.05) is 12.1 Å². The molecule has 0 bridgehead atoms. The number of aromatic nitrogens is 2. The molecule has 20 heavy (non-hydrogen) atoms. The first kappa shape index (κ1) is 13.0. The lowest BCUT2D eigenvalue weighted by atomic mass is 10.1. The van der Waals surface area contributed by atoms with Crippen LogP contribution in [0.15, 0.2) is 36.8 Å². The number of hydrogen-bond donors (Lipinski definition) is 2. The van der Waals surface area contributed by atoms with E-state index in [1.165, 1.54) is 18.5 Å². The standard InChI is InChI=1S/C14H16FN5/c15-11-3-1-10(2-4-11)12-7-17-9-19-14(12)20-6-5-18-13(16)8-20/h1-4,7,9,13,18H,5-6,8,16H2. The molecule has 1 aromatic heterocycles. The van der Waals surface area contributed by atoms with Crippen LogP contribution in [0.2, 0.25) is 0 Å². The second-order valence-corrected chi connectivity index (χ2v) is 4.77. The average Bonchev–Trinajstić information content (AvgIpc) is 2.48. The van der Waals surface area contributed by atoms with Crippen LogP contribution in [0.25, 0.3) is 11.1 Å². The molecule has 1 atom stereocenters. The van der Waals surface area contributed by atoms with E-state index in [9.17, 15) is 4.39 Å². The zero-order chi connectivity index (χ0) is 13.9. The molecular formula is C14H16FN5. The fourth-order valence-corrected chi connectivity index (χ4v) is 2.38. The van der Waals surface area contributed by atoms with Crippen molar-refractivity contribution >= 4 is 5.82 Å². The molecule has 1 unspecified atom stereocenters. The lowest BCUT2D eigenvalue weighted by molar-refractivity contribution is 0.466. The van der Waals surface area contributed by atoms with Gasteiger partial charge in [0.25, 0.3) is 0 Å². The number of nitrogens with zero attached hydrogens (tertiary/aromatic N) is 3. The van der Waals surface area contributed by atoms with E-state index in [1.54, 1.807) is 18.3 Å². The second-order valence-electron chi connectivity index (χ2n) is 4.77. The Morgan fingerprint density at radius 2 is 2.10 bits per heavy atom. The van der Waals surface area contributed by atoms with E-state index < -0.39 is 0 Å². The first-order valence-electron chi connectivity index (χ1n) is 6.54. The van der Waals surface area contributed by atoms with Gasteiger partial charge >= 0.3 is 0 Å². The normalized spacial score (nSPS) is 19.1. The molecule has 1 aromatic carbocycles. The van der Waals surface area contributed by atoms with Crippen molar-refractivity contribution in [1.82, 2.24) is 15.3 Å². The summed E-state index contributed by atoms with van der Waals surface area (Å²) in [6.45, 7) is 2.33. The van der Waals surface area contributed by atoms with Gasteiger partial charge in [-0.3, -0.25) is 5.32 Å². The minimum Gasteiger partial charge on any atom is -0.352 e. The Balaban J connectivity index is 1.97. The van der Waals surface area contributed by atoms with Crippen LogP contribution in [0.3, 0.4) is 0 Å². The van der Waals surface area contributed by atoms with Crippen LogP contribution in [0.1, 0.15) is 0 Å². The molecule has 2 aromatic rings. The maximum absolute atomic E-state index is 13.0. The molecular weight excluding hydrogens is 257 g/mol. The van der Waals surface area contributed by atoms with E-state index in [4.69, 9.17) is 5.73 Å². The summed E-state index contributed by atoms with van der Waals surface area (Å²) in [7, 11) is 0. The van der Waals surface area contributed by atoms with Crippen molar-refractivity contribution < 1.29 is 4.39 Å². The SMILES string of the molecule is NC1CN(c2ncncc2-c2ccc(F)cc2)CCN1. The number of anilines is 1. The van der Waals surface area contributed by atoms with Crippen molar-refractivity contribution in [1.29, 1.82) is 0 Å². The van der Waals surface area contributed by atoms with Gasteiger partial charge in [0.05, 0.1) is 6.17 Å². The highest BCUT2D eigenvalue weighted by Crippen LogP contribution is 2.28. The second kappa shape index (κ2) is 5.52. The third kappa shape index (κ3) is 2.61. The van der Waals surface area contributed by atoms with Crippen LogP contribution in [0.5, 0.6) is 0 Å². The number of rotatable bonds is 2. The maximum atomic E-state index is 13.0. The lowest BCUT2D eigenvalue weighted by Crippen LogP contribution is -2.55. The summed E-state index contributed by atoms with van der Waals surface area (Å²) in [4.78, 5) is 10.6. The molecule has 1 saturated heterocycles. The third-order valence-corrected chi connectivity index (χ3v) is 3.35. The minimum atomic E-state index is -0.253. The van der Waals surface area contributed by atoms with Crippen molar-refractivity contribution in [3.05, 3.63) is 42.6 Å². The Labute approximate surface area is 116 Å². The summed E-state index contributed by atoms with van der Waals surface area (Å²) in [5, 5.41) is 3.19. The summed E-state index contributed by atoms with van der Waals surface area (Å²) in [5.74, 6) is 0.583. The van der Waals surface area contributed by atoms with Gasteiger partial charge in [0.2, 0.25) is 0 Å². The van der Waals surface area contributed by atoms with Gasteiger partial charge in [-0.25, -0.2) is 14.4 Å². The number of benzene rings is 1. The van der Waals surface area contributed by atoms with Crippen LogP contribution < -0.4 is 16.0 Å². The van der Waals surface area contributed by atoms with Crippen molar-refractivity contribution in [2.75, 3.05) is 24.5 Å². The zero-order valence-corrected chi connectivity index (χ0v) is 11.0. The third-order valence-electron chi connectivity index (χ3n) is 3.35. The maximum Gasteiger partial charge on any atom is 0.140 e. The van der Waals surface area contributed by atoms with Crippen molar-refractivity contribution in [3.63, 3.8) is 0 Å². The molecule has 1 fully saturated rings. The molecule has 0 spiro atoms. The Bertz CT molecular complexity index is 586. The quantitative estimate of drug-likeness (QED) is 0.853. The van der Waals surface area contributed by atoms with Gasteiger partial charge in [0, 0.05) is 31.4 Å². The Morgan fingerprint density at radius 1 is 1.30 bits per heavy atom. The molecule has 104 valence electrons. The van der Waals surface area contributed by atoms with Gasteiger partial charge < -0.3 is 10.6 Å². The number of nitrogens with one attached hydrogen (secondary N) is 1. The van der Waals surface area contributed by atoms with Crippen molar-refractivity contribution in [2.24, 2.45) is 5.73 Å². The predicted octanol–water partition coefficient (Wildman–Crippen LogP) is 0.977. The first-order chi connectivity index (χ1) is 9.74. The molecule has 0 saturated carbocycles. The first-order valence-corrected chi connectivity index (χ1v) is 6.54. The fourth-order valence-electron chi connectivity index (χ4n) is 2.38. The number of halogens is 1. The lowest BCUT2D eigenvalue weighted by Gasteiger charge is -2.33. The van der Waals surface area contributed by atoms with Crippen molar-refractivity contribution in [2.45, 2.75) is 6.17 Å². The monoisotopic (exact) mass is 273 g/mol. The summed E-state index contributed by atoms with van der Waals surface area (Å²) in [5.41, 5.74) is 7.71. The molecule has 0 aliphatic carbocycles. The number of nitrogens with two attached hydrogens (primary N) is 1. The molecule has 6 heteroatoms. The van der Waals surface area contributed by atoms with Gasteiger partial charge in [-0.05, 0) is 17.7 Å². The van der Waals surface area contributed by atoms with Gasteiger partial charge in [-0.2, -0.15) is 0 Å². The number of piperazine rings is 1. The van der Waals surface area contributed by atoms with Gasteiger partial charge in [0.1, 0.15) is 18.0 Å². The van der Waals surface area contributed by atoms with Crippen LogP contribution >= 0.6 is 0 Å². The van der Waals surface area contributed by atoms with Crippen molar-refractivity contribution in [3.8, 4) is 11.1 Å². The van der Waals surface area contributed by atoms with Crippen LogP contribution in [-0.2, 0) is 0 Å². The van der Waals surface area contributed by atoms with Crippen LogP contribution in [0, 0.1) is 5.82 Å². The molecule has 3 N–H and O–H groups in total. The molecule has 1 aliphatic rings. The Kier molecular flexibility index (Phi) is 3.58. The molecule has 1 aliphatic heterocycles. The summed E-state index contributed by atoms with van der Waals surface area (Å²) in [6.07, 6.45) is 3.21. The molecule has 0 amide bonds. The van der Waals surface area contributed by atoms with E-state index in [-0.39, 0.29) is 12.0 Å². The highest BCUT2D eigenvalue weighted by molar-refractivity contribution is 5.75. The largest absolute Gasteiger partial charge is 0.352 e. The van der Waals surface area contributed by atoms with Crippen LogP contribution in [0.4, 0.5) is 10.2 Å². The topological polar surface area (TPSA) is 67.1 Å². The van der Waals surface area contributed by atoms with E-state index in [1.807, 2.05) is 0 Å². The van der Waals surface area contributed by atoms with E-state index in [0.29, 0.717) is 6.54 Å². The Morgan fingerprint density at radius 3 is 2.85 bits per heavy atom. The molecule has 2 heterocycles. The summed E-state index contributed by atoms with van der Waals surface area (Å²) >= 11 is 0. The molecule has 0 radical (unpaired) electrons. The highest BCUT2D eigenvalue weighted by Gasteiger charge is 2.20. The summed E-state index contributed by atoms with van der Waals surface area (Å²) < 4.78 is 13.0. The predicted molar refractivity (Wildman–Crippen MR) is 75.6 cm³/mol. The fraction of sp³-hybridized carbons (Fsp3) is 0.286. The molecule has 3 rings (SSSR count). The van der Waals surface area contributed by atoms with E-state index >= 15 is 0 Å². The smallest absolute Gasteiger partial charge is 0.140 e. The highest BCUT2D eigenvalue weighted by atomic mass is 19.1. The summed E-state index contributed by atoms with van der Waals surface area (Å²) in [6, 6.07) is 6.35. The van der Waals surface area contributed by atoms with E-state index in [0.717, 1.165) is 30.0 Å². The zero-order valence-electron chi connectivity index (χ0n) is 11.0. The van der Waals surface area contributed by atoms with E-state index in [2.05, 4.69) is 20.2 Å². The van der Waals surface area contributed by atoms with Gasteiger partial charge in [-0.15, -0.1) is 0 Å². The van der Waals surface area contributed by atoms with Crippen LogP contribution in [-0.4, -0.2) is 35.8 Å². The Hall–Kier alpha value is -2.05. The minimum absolute atomic E-state index is 0.0696.